The lowest BCUT2D eigenvalue weighted by atomic mass is 9.97. The van der Waals surface area contributed by atoms with Gasteiger partial charge in [-0.2, -0.15) is 0 Å². The summed E-state index contributed by atoms with van der Waals surface area (Å²) in [6.45, 7) is 2.62. The van der Waals surface area contributed by atoms with Crippen molar-refractivity contribution < 1.29 is 18.7 Å². The van der Waals surface area contributed by atoms with Gasteiger partial charge < -0.3 is 25.6 Å². The van der Waals surface area contributed by atoms with Gasteiger partial charge >= 0.3 is 12.1 Å². The molecule has 0 bridgehead atoms. The molecule has 0 spiro atoms. The fourth-order valence-corrected chi connectivity index (χ4v) is 3.23. The number of urea groups is 2. The number of ether oxygens (including phenoxy) is 1. The molecule has 2 aromatic rings. The number of rotatable bonds is 7. The molecular formula is C22H27FN4O3. The predicted molar refractivity (Wildman–Crippen MR) is 113 cm³/mol. The fourth-order valence-electron chi connectivity index (χ4n) is 3.23. The molecule has 4 amide bonds. The van der Waals surface area contributed by atoms with Gasteiger partial charge in [0.2, 0.25) is 0 Å². The lowest BCUT2D eigenvalue weighted by molar-refractivity contribution is 0.180. The minimum atomic E-state index is -0.339. The molecular weight excluding hydrogens is 387 g/mol. The average Bonchev–Trinajstić information content (AvgIpc) is 2.78. The number of likely N-dealkylation sites (tertiary alicyclic amines) is 1. The van der Waals surface area contributed by atoms with E-state index in [4.69, 9.17) is 4.74 Å². The summed E-state index contributed by atoms with van der Waals surface area (Å²) < 4.78 is 18.5. The summed E-state index contributed by atoms with van der Waals surface area (Å²) in [5, 5.41) is 8.43. The van der Waals surface area contributed by atoms with Gasteiger partial charge in [-0.1, -0.05) is 18.2 Å². The number of para-hydroxylation sites is 1. The van der Waals surface area contributed by atoms with Crippen LogP contribution >= 0.6 is 0 Å². The van der Waals surface area contributed by atoms with Crippen molar-refractivity contribution in [3.63, 3.8) is 0 Å². The second-order valence-electron chi connectivity index (χ2n) is 7.17. The summed E-state index contributed by atoms with van der Waals surface area (Å²) in [4.78, 5) is 26.0. The van der Waals surface area contributed by atoms with E-state index in [1.807, 2.05) is 30.3 Å². The van der Waals surface area contributed by atoms with E-state index in [1.54, 1.807) is 4.90 Å². The average molecular weight is 414 g/mol. The molecule has 1 fully saturated rings. The Morgan fingerprint density at radius 2 is 1.70 bits per heavy atom. The van der Waals surface area contributed by atoms with Gasteiger partial charge in [-0.25, -0.2) is 14.0 Å². The minimum Gasteiger partial charge on any atom is -0.492 e. The van der Waals surface area contributed by atoms with Crippen molar-refractivity contribution in [3.8, 4) is 5.75 Å². The van der Waals surface area contributed by atoms with Crippen molar-refractivity contribution in [2.45, 2.75) is 12.8 Å². The fraction of sp³-hybridized carbons (Fsp3) is 0.364. The Morgan fingerprint density at radius 1 is 1.00 bits per heavy atom. The number of carbonyl (C=O) groups is 2. The van der Waals surface area contributed by atoms with E-state index in [2.05, 4.69) is 16.0 Å². The first kappa shape index (κ1) is 21.4. The maximum atomic E-state index is 12.9. The van der Waals surface area contributed by atoms with Gasteiger partial charge in [0.1, 0.15) is 18.2 Å². The SMILES string of the molecule is O=C(NCCOc1ccccc1)NCC1CCN(C(=O)Nc2ccc(F)cc2)CC1. The van der Waals surface area contributed by atoms with Crippen LogP contribution in [-0.4, -0.2) is 49.7 Å². The normalized spacial score (nSPS) is 14.1. The van der Waals surface area contributed by atoms with E-state index < -0.39 is 0 Å². The van der Waals surface area contributed by atoms with Gasteiger partial charge in [-0.3, -0.25) is 0 Å². The van der Waals surface area contributed by atoms with Gasteiger partial charge in [0, 0.05) is 25.3 Å². The highest BCUT2D eigenvalue weighted by molar-refractivity contribution is 5.89. The van der Waals surface area contributed by atoms with E-state index in [0.717, 1.165) is 18.6 Å². The van der Waals surface area contributed by atoms with Crippen molar-refractivity contribution in [3.05, 3.63) is 60.4 Å². The van der Waals surface area contributed by atoms with Gasteiger partial charge in [0.25, 0.3) is 0 Å². The second kappa shape index (κ2) is 11.0. The van der Waals surface area contributed by atoms with Gasteiger partial charge in [0.05, 0.1) is 6.54 Å². The summed E-state index contributed by atoms with van der Waals surface area (Å²) in [7, 11) is 0. The molecule has 3 N–H and O–H groups in total. The van der Waals surface area contributed by atoms with E-state index in [1.165, 1.54) is 24.3 Å². The van der Waals surface area contributed by atoms with Crippen LogP contribution in [0.4, 0.5) is 19.7 Å². The number of nitrogens with zero attached hydrogens (tertiary/aromatic N) is 1. The molecule has 0 aromatic heterocycles. The highest BCUT2D eigenvalue weighted by Crippen LogP contribution is 2.18. The van der Waals surface area contributed by atoms with Crippen molar-refractivity contribution >= 4 is 17.7 Å². The van der Waals surface area contributed by atoms with Crippen molar-refractivity contribution in [2.24, 2.45) is 5.92 Å². The first-order valence-electron chi connectivity index (χ1n) is 10.1. The molecule has 1 aliphatic heterocycles. The Hall–Kier alpha value is -3.29. The third-order valence-corrected chi connectivity index (χ3v) is 4.95. The second-order valence-corrected chi connectivity index (χ2v) is 7.17. The summed E-state index contributed by atoms with van der Waals surface area (Å²) >= 11 is 0. The monoisotopic (exact) mass is 414 g/mol. The Kier molecular flexibility index (Phi) is 7.88. The number of hydrogen-bond acceptors (Lipinski definition) is 3. The highest BCUT2D eigenvalue weighted by atomic mass is 19.1. The molecule has 1 saturated heterocycles. The van der Waals surface area contributed by atoms with Crippen LogP contribution in [0.2, 0.25) is 0 Å². The Morgan fingerprint density at radius 3 is 2.40 bits per heavy atom. The predicted octanol–water partition coefficient (Wildman–Crippen LogP) is 3.45. The van der Waals surface area contributed by atoms with Crippen molar-refractivity contribution in [1.29, 1.82) is 0 Å². The number of halogens is 1. The third-order valence-electron chi connectivity index (χ3n) is 4.95. The van der Waals surface area contributed by atoms with Crippen LogP contribution in [0.3, 0.4) is 0 Å². The number of carbonyl (C=O) groups excluding carboxylic acids is 2. The number of nitrogens with one attached hydrogen (secondary N) is 3. The largest absolute Gasteiger partial charge is 0.492 e. The van der Waals surface area contributed by atoms with Crippen LogP contribution in [0, 0.1) is 11.7 Å². The molecule has 1 heterocycles. The molecule has 30 heavy (non-hydrogen) atoms. The number of hydrogen-bond donors (Lipinski definition) is 3. The maximum absolute atomic E-state index is 12.9. The molecule has 0 aliphatic carbocycles. The smallest absolute Gasteiger partial charge is 0.321 e. The van der Waals surface area contributed by atoms with Gasteiger partial charge in [-0.15, -0.1) is 0 Å². The van der Waals surface area contributed by atoms with E-state index >= 15 is 0 Å². The Labute approximate surface area is 175 Å². The molecule has 8 heteroatoms. The molecule has 0 radical (unpaired) electrons. The van der Waals surface area contributed by atoms with E-state index in [9.17, 15) is 14.0 Å². The van der Waals surface area contributed by atoms with Crippen molar-refractivity contribution in [1.82, 2.24) is 15.5 Å². The zero-order chi connectivity index (χ0) is 21.2. The maximum Gasteiger partial charge on any atom is 0.321 e. The molecule has 1 aliphatic rings. The highest BCUT2D eigenvalue weighted by Gasteiger charge is 2.23. The molecule has 0 unspecified atom stereocenters. The first-order chi connectivity index (χ1) is 14.6. The molecule has 0 saturated carbocycles. The van der Waals surface area contributed by atoms with Crippen LogP contribution in [0.15, 0.2) is 54.6 Å². The summed E-state index contributed by atoms with van der Waals surface area (Å²) in [5.41, 5.74) is 0.568. The van der Waals surface area contributed by atoms with E-state index in [-0.39, 0.29) is 17.9 Å². The minimum absolute atomic E-state index is 0.191. The van der Waals surface area contributed by atoms with Crippen LogP contribution in [0.1, 0.15) is 12.8 Å². The van der Waals surface area contributed by atoms with Crippen LogP contribution in [0.25, 0.3) is 0 Å². The van der Waals surface area contributed by atoms with Crippen LogP contribution in [0.5, 0.6) is 5.75 Å². The zero-order valence-electron chi connectivity index (χ0n) is 16.8. The molecule has 0 atom stereocenters. The van der Waals surface area contributed by atoms with Crippen LogP contribution in [-0.2, 0) is 0 Å². The Balaban J connectivity index is 1.27. The third kappa shape index (κ3) is 6.95. The molecule has 7 nitrogen and oxygen atoms in total. The molecule has 3 rings (SSSR count). The quantitative estimate of drug-likeness (QED) is 0.607. The lowest BCUT2D eigenvalue weighted by Crippen LogP contribution is -2.45. The topological polar surface area (TPSA) is 82.7 Å². The van der Waals surface area contributed by atoms with Crippen LogP contribution < -0.4 is 20.7 Å². The number of piperidine rings is 1. The number of anilines is 1. The molecule has 2 aromatic carbocycles. The van der Waals surface area contributed by atoms with Crippen molar-refractivity contribution in [2.75, 3.05) is 38.1 Å². The zero-order valence-corrected chi connectivity index (χ0v) is 16.8. The van der Waals surface area contributed by atoms with Gasteiger partial charge in [0.15, 0.2) is 0 Å². The summed E-state index contributed by atoms with van der Waals surface area (Å²) in [6.07, 6.45) is 1.63. The summed E-state index contributed by atoms with van der Waals surface area (Å²) in [5.74, 6) is 0.759. The Bertz CT molecular complexity index is 809. The molecule has 160 valence electrons. The first-order valence-corrected chi connectivity index (χ1v) is 10.1. The standard InChI is InChI=1S/C22H27FN4O3/c23-18-6-8-19(9-7-18)26-22(29)27-13-10-17(11-14-27)16-25-21(28)24-12-15-30-20-4-2-1-3-5-20/h1-9,17H,10-16H2,(H,26,29)(H2,24,25,28). The number of amides is 4. The lowest BCUT2D eigenvalue weighted by Gasteiger charge is -2.32. The summed E-state index contributed by atoms with van der Waals surface area (Å²) in [6, 6.07) is 14.7. The van der Waals surface area contributed by atoms with E-state index in [0.29, 0.717) is 44.4 Å². The number of benzene rings is 2. The van der Waals surface area contributed by atoms with Gasteiger partial charge in [-0.05, 0) is 55.2 Å².